The normalized spacial score (nSPS) is 10.7. The van der Waals surface area contributed by atoms with Gasteiger partial charge in [0.05, 0.1) is 11.3 Å². The third-order valence-corrected chi connectivity index (χ3v) is 3.41. The Labute approximate surface area is 149 Å². The van der Waals surface area contributed by atoms with Crippen LogP contribution in [0, 0.1) is 0 Å². The molecule has 0 saturated carbocycles. The zero-order chi connectivity index (χ0) is 18.4. The summed E-state index contributed by atoms with van der Waals surface area (Å²) >= 11 is 0. The number of rotatable bonds is 5. The Hall–Kier alpha value is -3.74. The number of para-hydroxylation sites is 1. The maximum absolute atomic E-state index is 12.5. The number of hydrogen-bond acceptors (Lipinski definition) is 5. The number of benzene rings is 2. The molecule has 2 N–H and O–H groups in total. The van der Waals surface area contributed by atoms with E-state index in [0.717, 1.165) is 5.56 Å². The third kappa shape index (κ3) is 4.02. The number of carbonyl (C=O) groups excluding carboxylic acids is 2. The lowest BCUT2D eigenvalue weighted by atomic mass is 10.1. The molecule has 1 heterocycles. The van der Waals surface area contributed by atoms with Crippen LogP contribution in [0.15, 0.2) is 71.2 Å². The first kappa shape index (κ1) is 17.1. The zero-order valence-corrected chi connectivity index (χ0v) is 14.0. The topological polar surface area (TPSA) is 97.1 Å². The minimum absolute atomic E-state index is 0.0246. The molecule has 0 aliphatic rings. The van der Waals surface area contributed by atoms with Gasteiger partial charge in [0.1, 0.15) is 0 Å². The first-order valence-corrected chi connectivity index (χ1v) is 7.90. The van der Waals surface area contributed by atoms with Crippen LogP contribution in [0.1, 0.15) is 17.3 Å². The average molecular weight is 348 g/mol. The van der Waals surface area contributed by atoms with E-state index < -0.39 is 5.91 Å². The summed E-state index contributed by atoms with van der Waals surface area (Å²) in [6, 6.07) is 15.9. The van der Waals surface area contributed by atoms with Crippen LogP contribution < -0.4 is 10.6 Å². The highest BCUT2D eigenvalue weighted by atomic mass is 16.4. The fraction of sp³-hybridized carbons (Fsp3) is 0.0526. The number of carbonyl (C=O) groups is 2. The second-order valence-corrected chi connectivity index (χ2v) is 5.27. The Morgan fingerprint density at radius 3 is 2.46 bits per heavy atom. The maximum atomic E-state index is 12.5. The second kappa shape index (κ2) is 7.89. The molecule has 3 aromatic rings. The van der Waals surface area contributed by atoms with E-state index in [4.69, 9.17) is 4.42 Å². The van der Waals surface area contributed by atoms with E-state index in [1.54, 1.807) is 37.3 Å². The van der Waals surface area contributed by atoms with Gasteiger partial charge in [-0.1, -0.05) is 41.5 Å². The maximum Gasteiger partial charge on any atom is 0.322 e. The van der Waals surface area contributed by atoms with Crippen LogP contribution in [0.25, 0.3) is 11.5 Å². The molecule has 0 unspecified atom stereocenters. The van der Waals surface area contributed by atoms with Crippen molar-refractivity contribution < 1.29 is 14.0 Å². The van der Waals surface area contributed by atoms with Crippen molar-refractivity contribution in [1.82, 2.24) is 10.2 Å². The summed E-state index contributed by atoms with van der Waals surface area (Å²) in [5, 5.41) is 13.0. The summed E-state index contributed by atoms with van der Waals surface area (Å²) in [5.74, 6) is -0.489. The predicted octanol–water partition coefficient (Wildman–Crippen LogP) is 3.50. The van der Waals surface area contributed by atoms with Crippen molar-refractivity contribution in [3.63, 3.8) is 0 Å². The van der Waals surface area contributed by atoms with Crippen molar-refractivity contribution in [2.75, 3.05) is 10.6 Å². The van der Waals surface area contributed by atoms with E-state index in [-0.39, 0.29) is 17.5 Å². The molecular weight excluding hydrogens is 332 g/mol. The number of allylic oxidation sites excluding steroid dienone is 1. The standard InChI is InChI=1S/C19H16N4O3/c1-2-8-16(24)20-15-12-7-6-11-14(15)17(25)21-19-23-22-18(26-19)13-9-4-3-5-10-13/h2-12H,1H3,(H,20,24)(H,21,23,25)/b8-2+. The van der Waals surface area contributed by atoms with Gasteiger partial charge in [-0.2, -0.15) is 0 Å². The van der Waals surface area contributed by atoms with Crippen LogP contribution in [0.4, 0.5) is 11.7 Å². The highest BCUT2D eigenvalue weighted by Gasteiger charge is 2.16. The number of anilines is 2. The van der Waals surface area contributed by atoms with Gasteiger partial charge in [-0.25, -0.2) is 0 Å². The van der Waals surface area contributed by atoms with Gasteiger partial charge in [-0.15, -0.1) is 5.10 Å². The Bertz CT molecular complexity index is 948. The van der Waals surface area contributed by atoms with Gasteiger partial charge >= 0.3 is 6.01 Å². The monoisotopic (exact) mass is 348 g/mol. The van der Waals surface area contributed by atoms with Crippen molar-refractivity contribution in [3.8, 4) is 11.5 Å². The lowest BCUT2D eigenvalue weighted by Gasteiger charge is -2.08. The molecule has 130 valence electrons. The summed E-state index contributed by atoms with van der Waals surface area (Å²) in [6.45, 7) is 1.73. The van der Waals surface area contributed by atoms with Gasteiger partial charge in [0.2, 0.25) is 11.8 Å². The summed E-state index contributed by atoms with van der Waals surface area (Å²) < 4.78 is 5.47. The minimum Gasteiger partial charge on any atom is -0.403 e. The molecule has 3 rings (SSSR count). The van der Waals surface area contributed by atoms with Crippen LogP contribution in [0.5, 0.6) is 0 Å². The predicted molar refractivity (Wildman–Crippen MR) is 97.6 cm³/mol. The van der Waals surface area contributed by atoms with Crippen LogP contribution >= 0.6 is 0 Å². The van der Waals surface area contributed by atoms with E-state index >= 15 is 0 Å². The Morgan fingerprint density at radius 1 is 0.962 bits per heavy atom. The van der Waals surface area contributed by atoms with Gasteiger partial charge in [0.15, 0.2) is 0 Å². The van der Waals surface area contributed by atoms with E-state index in [9.17, 15) is 9.59 Å². The molecule has 0 atom stereocenters. The van der Waals surface area contributed by atoms with Crippen molar-refractivity contribution in [2.24, 2.45) is 0 Å². The number of nitrogens with one attached hydrogen (secondary N) is 2. The van der Waals surface area contributed by atoms with Crippen molar-refractivity contribution >= 4 is 23.5 Å². The molecule has 0 spiro atoms. The molecule has 2 aromatic carbocycles. The van der Waals surface area contributed by atoms with E-state index in [1.165, 1.54) is 6.08 Å². The van der Waals surface area contributed by atoms with Gasteiger partial charge in [-0.3, -0.25) is 14.9 Å². The third-order valence-electron chi connectivity index (χ3n) is 3.41. The lowest BCUT2D eigenvalue weighted by molar-refractivity contribution is -0.111. The Morgan fingerprint density at radius 2 is 1.69 bits per heavy atom. The van der Waals surface area contributed by atoms with E-state index in [2.05, 4.69) is 20.8 Å². The fourth-order valence-corrected chi connectivity index (χ4v) is 2.25. The molecule has 0 radical (unpaired) electrons. The summed E-state index contributed by atoms with van der Waals surface area (Å²) in [6.07, 6.45) is 2.99. The Kier molecular flexibility index (Phi) is 5.19. The molecule has 2 amide bonds. The molecule has 7 nitrogen and oxygen atoms in total. The number of hydrogen-bond donors (Lipinski definition) is 2. The molecule has 26 heavy (non-hydrogen) atoms. The molecule has 0 aliphatic carbocycles. The van der Waals surface area contributed by atoms with Gasteiger partial charge in [0.25, 0.3) is 5.91 Å². The quantitative estimate of drug-likeness (QED) is 0.688. The smallest absolute Gasteiger partial charge is 0.322 e. The SMILES string of the molecule is C/C=C/C(=O)Nc1ccccc1C(=O)Nc1nnc(-c2ccccc2)o1. The second-order valence-electron chi connectivity index (χ2n) is 5.27. The average Bonchev–Trinajstić information content (AvgIpc) is 3.11. The molecule has 1 aromatic heterocycles. The van der Waals surface area contributed by atoms with Gasteiger partial charge < -0.3 is 9.73 Å². The lowest BCUT2D eigenvalue weighted by Crippen LogP contribution is -2.17. The van der Waals surface area contributed by atoms with Gasteiger partial charge in [-0.05, 0) is 37.3 Å². The molecule has 0 saturated heterocycles. The summed E-state index contributed by atoms with van der Waals surface area (Å²) in [5.41, 5.74) is 1.42. The summed E-state index contributed by atoms with van der Waals surface area (Å²) in [4.78, 5) is 24.2. The van der Waals surface area contributed by atoms with Crippen molar-refractivity contribution in [3.05, 3.63) is 72.3 Å². The molecule has 7 heteroatoms. The van der Waals surface area contributed by atoms with Crippen LogP contribution in [0.3, 0.4) is 0 Å². The fourth-order valence-electron chi connectivity index (χ4n) is 2.25. The summed E-state index contributed by atoms with van der Waals surface area (Å²) in [7, 11) is 0. The zero-order valence-electron chi connectivity index (χ0n) is 14.0. The largest absolute Gasteiger partial charge is 0.403 e. The number of nitrogens with zero attached hydrogens (tertiary/aromatic N) is 2. The molecule has 0 fully saturated rings. The van der Waals surface area contributed by atoms with Gasteiger partial charge in [0, 0.05) is 5.56 Å². The van der Waals surface area contributed by atoms with Crippen LogP contribution in [-0.2, 0) is 4.79 Å². The van der Waals surface area contributed by atoms with Crippen LogP contribution in [-0.4, -0.2) is 22.0 Å². The Balaban J connectivity index is 1.77. The molecular formula is C19H16N4O3. The molecule has 0 bridgehead atoms. The van der Waals surface area contributed by atoms with E-state index in [1.807, 2.05) is 30.3 Å². The first-order chi connectivity index (χ1) is 12.7. The van der Waals surface area contributed by atoms with Crippen molar-refractivity contribution in [1.29, 1.82) is 0 Å². The van der Waals surface area contributed by atoms with Crippen LogP contribution in [0.2, 0.25) is 0 Å². The highest BCUT2D eigenvalue weighted by molar-refractivity contribution is 6.10. The number of amides is 2. The van der Waals surface area contributed by atoms with E-state index in [0.29, 0.717) is 11.6 Å². The minimum atomic E-state index is -0.468. The first-order valence-electron chi connectivity index (χ1n) is 7.90. The number of aromatic nitrogens is 2. The molecule has 0 aliphatic heterocycles. The highest BCUT2D eigenvalue weighted by Crippen LogP contribution is 2.21. The van der Waals surface area contributed by atoms with Crippen molar-refractivity contribution in [2.45, 2.75) is 6.92 Å².